The molecule has 1 aliphatic heterocycles. The Bertz CT molecular complexity index is 1390. The Balaban J connectivity index is 0.00000370. The molecule has 5 rings (SSSR count). The number of para-hydroxylation sites is 1. The quantitative estimate of drug-likeness (QED) is 0.374. The summed E-state index contributed by atoms with van der Waals surface area (Å²) in [6.07, 6.45) is 4.47. The summed E-state index contributed by atoms with van der Waals surface area (Å²) < 4.78 is 5.40. The van der Waals surface area contributed by atoms with Crippen molar-refractivity contribution in [3.63, 3.8) is 0 Å². The molecule has 0 radical (unpaired) electrons. The average Bonchev–Trinajstić information content (AvgIpc) is 3.47. The Hall–Kier alpha value is -3.36. The Morgan fingerprint density at radius 3 is 2.50 bits per heavy atom. The lowest BCUT2D eigenvalue weighted by atomic mass is 9.73. The third-order valence-corrected chi connectivity index (χ3v) is 8.39. The van der Waals surface area contributed by atoms with Crippen LogP contribution in [0.1, 0.15) is 62.6 Å². The second-order valence-corrected chi connectivity index (χ2v) is 11.5. The van der Waals surface area contributed by atoms with Gasteiger partial charge in [0.25, 0.3) is 0 Å². The number of carbonyl (C=O) groups excluding carboxylic acids is 3. The van der Waals surface area contributed by atoms with Crippen LogP contribution in [0.15, 0.2) is 54.7 Å². The summed E-state index contributed by atoms with van der Waals surface area (Å²) in [6.45, 7) is 6.56. The van der Waals surface area contributed by atoms with Gasteiger partial charge in [-0.25, -0.2) is 0 Å². The first kappa shape index (κ1) is 29.6. The number of esters is 1. The van der Waals surface area contributed by atoms with E-state index in [1.807, 2.05) is 60.5 Å². The van der Waals surface area contributed by atoms with Gasteiger partial charge in [-0.15, -0.1) is 12.4 Å². The normalized spacial score (nSPS) is 18.6. The zero-order valence-electron chi connectivity index (χ0n) is 23.4. The van der Waals surface area contributed by atoms with Crippen molar-refractivity contribution >= 4 is 41.1 Å². The molecule has 1 fully saturated rings. The number of likely N-dealkylation sites (tertiary alicyclic amines) is 1. The number of carbonyl (C=O) groups is 3. The number of halogens is 1. The number of ether oxygens (including phenoxy) is 1. The van der Waals surface area contributed by atoms with Gasteiger partial charge in [-0.05, 0) is 62.8 Å². The lowest BCUT2D eigenvalue weighted by molar-refractivity contribution is -0.145. The topological polar surface area (TPSA) is 118 Å². The largest absolute Gasteiger partial charge is 0.466 e. The maximum atomic E-state index is 13.9. The van der Waals surface area contributed by atoms with Gasteiger partial charge in [-0.2, -0.15) is 0 Å². The van der Waals surface area contributed by atoms with Gasteiger partial charge in [0, 0.05) is 42.0 Å². The Morgan fingerprint density at radius 2 is 1.80 bits per heavy atom. The van der Waals surface area contributed by atoms with Gasteiger partial charge >= 0.3 is 5.97 Å². The van der Waals surface area contributed by atoms with Crippen molar-refractivity contribution in [2.75, 3.05) is 19.7 Å². The van der Waals surface area contributed by atoms with Crippen LogP contribution < -0.4 is 11.1 Å². The lowest BCUT2D eigenvalue weighted by Gasteiger charge is -2.41. The number of fused-ring (bicyclic) bond motifs is 3. The molecule has 40 heavy (non-hydrogen) atoms. The SMILES string of the molecule is CCOC(=O)C1CC2(CCN(C(=O)[C@@H](Cc3c[nH]c4ccccc34)NC(=O)C(C)(C)N)CC2)c2ccccc21.Cl. The van der Waals surface area contributed by atoms with E-state index in [1.165, 1.54) is 5.56 Å². The molecule has 9 heteroatoms. The minimum atomic E-state index is -1.11. The van der Waals surface area contributed by atoms with Gasteiger partial charge in [0.15, 0.2) is 0 Å². The van der Waals surface area contributed by atoms with E-state index in [2.05, 4.69) is 16.4 Å². The number of hydrogen-bond acceptors (Lipinski definition) is 5. The highest BCUT2D eigenvalue weighted by molar-refractivity contribution is 5.92. The molecule has 1 unspecified atom stereocenters. The number of H-pyrrole nitrogens is 1. The standard InChI is InChI=1S/C31H38N4O4.ClH/c1-4-39-28(37)23-18-31(24-11-7-5-10-22(23)24)13-15-35(16-14-31)27(36)26(34-29(38)30(2,3)32)17-20-19-33-25-12-8-6-9-21(20)25;/h5-12,19,23,26,33H,4,13-18,32H2,1-3H3,(H,34,38);1H/t23?,26-;/m1./s1. The third kappa shape index (κ3) is 5.60. The third-order valence-electron chi connectivity index (χ3n) is 8.39. The summed E-state index contributed by atoms with van der Waals surface area (Å²) in [5, 5.41) is 3.97. The second-order valence-electron chi connectivity index (χ2n) is 11.5. The molecule has 2 atom stereocenters. The fourth-order valence-electron chi connectivity index (χ4n) is 6.26. The highest BCUT2D eigenvalue weighted by Crippen LogP contribution is 2.52. The van der Waals surface area contributed by atoms with E-state index in [9.17, 15) is 14.4 Å². The van der Waals surface area contributed by atoms with Crippen molar-refractivity contribution in [1.29, 1.82) is 0 Å². The number of rotatable bonds is 7. The van der Waals surface area contributed by atoms with Gasteiger partial charge in [0.2, 0.25) is 11.8 Å². The van der Waals surface area contributed by atoms with Crippen LogP contribution in [-0.2, 0) is 31.0 Å². The van der Waals surface area contributed by atoms with Crippen LogP contribution in [0.3, 0.4) is 0 Å². The van der Waals surface area contributed by atoms with Gasteiger partial charge < -0.3 is 25.7 Å². The summed E-state index contributed by atoms with van der Waals surface area (Å²) in [5.41, 5.74) is 8.99. The average molecular weight is 567 g/mol. The number of aromatic amines is 1. The minimum absolute atomic E-state index is 0. The molecule has 0 bridgehead atoms. The first-order valence-electron chi connectivity index (χ1n) is 13.8. The molecular formula is C31H39ClN4O4. The molecular weight excluding hydrogens is 528 g/mol. The Kier molecular flexibility index (Phi) is 8.61. The second kappa shape index (κ2) is 11.6. The van der Waals surface area contributed by atoms with E-state index in [1.54, 1.807) is 13.8 Å². The number of hydrogen-bond donors (Lipinski definition) is 3. The summed E-state index contributed by atoms with van der Waals surface area (Å²) in [5.74, 6) is -0.924. The Labute approximate surface area is 241 Å². The van der Waals surface area contributed by atoms with E-state index in [4.69, 9.17) is 10.5 Å². The van der Waals surface area contributed by atoms with Crippen LogP contribution >= 0.6 is 12.4 Å². The summed E-state index contributed by atoms with van der Waals surface area (Å²) >= 11 is 0. The first-order valence-corrected chi connectivity index (χ1v) is 13.8. The molecule has 2 aliphatic rings. The van der Waals surface area contributed by atoms with E-state index in [0.717, 1.165) is 34.9 Å². The molecule has 0 saturated carbocycles. The van der Waals surface area contributed by atoms with Crippen molar-refractivity contribution in [1.82, 2.24) is 15.2 Å². The Morgan fingerprint density at radius 1 is 1.12 bits per heavy atom. The van der Waals surface area contributed by atoms with Crippen molar-refractivity contribution in [3.05, 3.63) is 71.4 Å². The molecule has 8 nitrogen and oxygen atoms in total. The van der Waals surface area contributed by atoms with Crippen LogP contribution in [0, 0.1) is 0 Å². The lowest BCUT2D eigenvalue weighted by Crippen LogP contribution is -2.58. The van der Waals surface area contributed by atoms with E-state index < -0.39 is 11.6 Å². The van der Waals surface area contributed by atoms with Crippen LogP contribution in [-0.4, -0.2) is 58.9 Å². The summed E-state index contributed by atoms with van der Waals surface area (Å²) in [7, 11) is 0. The van der Waals surface area contributed by atoms with Gasteiger partial charge in [0.1, 0.15) is 6.04 Å². The fourth-order valence-corrected chi connectivity index (χ4v) is 6.26. The van der Waals surface area contributed by atoms with E-state index in [-0.39, 0.29) is 41.5 Å². The number of nitrogens with zero attached hydrogens (tertiary/aromatic N) is 1. The minimum Gasteiger partial charge on any atom is -0.466 e. The maximum Gasteiger partial charge on any atom is 0.313 e. The molecule has 2 heterocycles. The molecule has 1 spiro atoms. The molecule has 1 aliphatic carbocycles. The van der Waals surface area contributed by atoms with E-state index in [0.29, 0.717) is 32.5 Å². The van der Waals surface area contributed by atoms with Crippen molar-refractivity contribution < 1.29 is 19.1 Å². The zero-order valence-corrected chi connectivity index (χ0v) is 24.2. The number of amides is 2. The summed E-state index contributed by atoms with van der Waals surface area (Å²) in [4.78, 5) is 44.7. The zero-order chi connectivity index (χ0) is 27.8. The van der Waals surface area contributed by atoms with Gasteiger partial charge in [0.05, 0.1) is 18.1 Å². The number of nitrogens with two attached hydrogens (primary N) is 1. The van der Waals surface area contributed by atoms with Crippen LogP contribution in [0.4, 0.5) is 0 Å². The number of benzene rings is 2. The first-order chi connectivity index (χ1) is 18.6. The van der Waals surface area contributed by atoms with Gasteiger partial charge in [-0.3, -0.25) is 14.4 Å². The van der Waals surface area contributed by atoms with Crippen LogP contribution in [0.25, 0.3) is 10.9 Å². The van der Waals surface area contributed by atoms with Gasteiger partial charge in [-0.1, -0.05) is 42.5 Å². The van der Waals surface area contributed by atoms with Crippen LogP contribution in [0.5, 0.6) is 0 Å². The molecule has 2 aromatic carbocycles. The predicted octanol–water partition coefficient (Wildman–Crippen LogP) is 3.97. The maximum absolute atomic E-state index is 13.9. The highest BCUT2D eigenvalue weighted by atomic mass is 35.5. The van der Waals surface area contributed by atoms with Crippen molar-refractivity contribution in [2.24, 2.45) is 5.73 Å². The number of aromatic nitrogens is 1. The molecule has 3 aromatic rings. The molecule has 214 valence electrons. The molecule has 1 saturated heterocycles. The molecule has 1 aromatic heterocycles. The van der Waals surface area contributed by atoms with Crippen molar-refractivity contribution in [3.8, 4) is 0 Å². The number of nitrogens with one attached hydrogen (secondary N) is 2. The fraction of sp³-hybridized carbons (Fsp3) is 0.452. The van der Waals surface area contributed by atoms with E-state index >= 15 is 0 Å². The molecule has 2 amide bonds. The monoisotopic (exact) mass is 566 g/mol. The predicted molar refractivity (Wildman–Crippen MR) is 157 cm³/mol. The van der Waals surface area contributed by atoms with Crippen molar-refractivity contribution in [2.45, 2.75) is 69.4 Å². The van der Waals surface area contributed by atoms with Crippen LogP contribution in [0.2, 0.25) is 0 Å². The smallest absolute Gasteiger partial charge is 0.313 e. The summed E-state index contributed by atoms with van der Waals surface area (Å²) in [6, 6.07) is 15.3. The number of piperidine rings is 1. The highest BCUT2D eigenvalue weighted by Gasteiger charge is 2.48. The molecule has 4 N–H and O–H groups in total.